The first-order valence-electron chi connectivity index (χ1n) is 17.8. The lowest BCUT2D eigenvalue weighted by Gasteiger charge is -2.40. The SMILES string of the molecule is COc1cc(C(=O)OC(C)OC(=O)OC2CCCCC2)ccc1NC(=O)[C@@H]1N[C@@H](CC(C)(C)C)[C@](C=N)(c2ccc(Cl)cc2F)[C@H]1c1cccc(Cl)c1F. The van der Waals surface area contributed by atoms with Gasteiger partial charge in [0.25, 0.3) is 0 Å². The fourth-order valence-electron chi connectivity index (χ4n) is 7.53. The number of hydrogen-bond acceptors (Lipinski definition) is 9. The Morgan fingerprint density at radius 3 is 2.41 bits per heavy atom. The van der Waals surface area contributed by atoms with Crippen molar-refractivity contribution < 1.29 is 42.1 Å². The number of nitrogens with one attached hydrogen (secondary N) is 3. The van der Waals surface area contributed by atoms with Gasteiger partial charge in [-0.3, -0.25) is 4.79 Å². The first-order chi connectivity index (χ1) is 25.6. The second-order valence-corrected chi connectivity index (χ2v) is 15.8. The van der Waals surface area contributed by atoms with Crippen molar-refractivity contribution in [3.8, 4) is 5.75 Å². The van der Waals surface area contributed by atoms with Crippen molar-refractivity contribution >= 4 is 53.1 Å². The molecule has 54 heavy (non-hydrogen) atoms. The van der Waals surface area contributed by atoms with Gasteiger partial charge in [0.15, 0.2) is 0 Å². The number of esters is 1. The monoisotopic (exact) mass is 787 g/mol. The highest BCUT2D eigenvalue weighted by atomic mass is 35.5. The minimum absolute atomic E-state index is 0.00780. The molecule has 1 heterocycles. The summed E-state index contributed by atoms with van der Waals surface area (Å²) in [6.07, 6.45) is 3.54. The molecule has 1 saturated carbocycles. The molecule has 0 bridgehead atoms. The molecule has 10 nitrogen and oxygen atoms in total. The number of anilines is 1. The fraction of sp³-hybridized carbons (Fsp3) is 0.450. The largest absolute Gasteiger partial charge is 0.511 e. The van der Waals surface area contributed by atoms with Crippen molar-refractivity contribution in [3.05, 3.63) is 93.0 Å². The second kappa shape index (κ2) is 17.0. The number of carbonyl (C=O) groups excluding carboxylic acids is 3. The Kier molecular flexibility index (Phi) is 12.9. The summed E-state index contributed by atoms with van der Waals surface area (Å²) in [7, 11) is 1.34. The van der Waals surface area contributed by atoms with Gasteiger partial charge in [0, 0.05) is 35.7 Å². The Balaban J connectivity index is 1.44. The Bertz CT molecular complexity index is 1880. The maximum atomic E-state index is 16.1. The van der Waals surface area contributed by atoms with Gasteiger partial charge < -0.3 is 35.0 Å². The Morgan fingerprint density at radius 1 is 1.04 bits per heavy atom. The van der Waals surface area contributed by atoms with Crippen molar-refractivity contribution in [2.24, 2.45) is 5.41 Å². The highest BCUT2D eigenvalue weighted by Crippen LogP contribution is 2.52. The molecule has 290 valence electrons. The minimum Gasteiger partial charge on any atom is -0.495 e. The van der Waals surface area contributed by atoms with Gasteiger partial charge in [-0.05, 0) is 79.5 Å². The maximum Gasteiger partial charge on any atom is 0.511 e. The number of hydrogen-bond donors (Lipinski definition) is 3. The van der Waals surface area contributed by atoms with Gasteiger partial charge in [0.2, 0.25) is 12.2 Å². The summed E-state index contributed by atoms with van der Waals surface area (Å²) in [6, 6.07) is 10.6. The second-order valence-electron chi connectivity index (χ2n) is 14.9. The molecule has 0 aromatic heterocycles. The van der Waals surface area contributed by atoms with E-state index in [1.54, 1.807) is 0 Å². The standard InChI is InChI=1S/C40H45Cl2F2N3O7/c1-22(53-38(50)54-25-10-7-6-8-11-25)52-37(49)23-14-17-30(31(18-23)51-5)46-36(48)35-33(26-12-9-13-28(42)34(26)44)40(21-45,32(47-35)20-39(2,3)4)27-16-15-24(41)19-29(27)43/h9,12-19,21-22,25,32-33,35,45,47H,6-8,10-11,20H2,1-5H3,(H,46,48)/t22?,32-,33-,35+,40-/m0/s1. The molecule has 1 amide bonds. The van der Waals surface area contributed by atoms with Gasteiger partial charge >= 0.3 is 12.1 Å². The minimum atomic E-state index is -1.59. The molecule has 14 heteroatoms. The summed E-state index contributed by atoms with van der Waals surface area (Å²) in [5.74, 6) is -4.10. The van der Waals surface area contributed by atoms with Crippen molar-refractivity contribution in [2.45, 2.75) is 102 Å². The zero-order valence-corrected chi connectivity index (χ0v) is 32.3. The lowest BCUT2D eigenvalue weighted by atomic mass is 9.62. The lowest BCUT2D eigenvalue weighted by Crippen LogP contribution is -2.46. The number of benzene rings is 3. The summed E-state index contributed by atoms with van der Waals surface area (Å²) in [5.41, 5.74) is -1.72. The van der Waals surface area contributed by atoms with E-state index < -0.39 is 59.4 Å². The summed E-state index contributed by atoms with van der Waals surface area (Å²) < 4.78 is 53.4. The van der Waals surface area contributed by atoms with E-state index in [4.69, 9.17) is 47.6 Å². The van der Waals surface area contributed by atoms with Crippen LogP contribution in [0.2, 0.25) is 10.0 Å². The van der Waals surface area contributed by atoms with E-state index in [9.17, 15) is 14.4 Å². The molecule has 0 radical (unpaired) electrons. The third-order valence-electron chi connectivity index (χ3n) is 9.90. The van der Waals surface area contributed by atoms with Crippen molar-refractivity contribution in [1.29, 1.82) is 5.41 Å². The summed E-state index contributed by atoms with van der Waals surface area (Å²) in [4.78, 5) is 39.7. The molecule has 1 saturated heterocycles. The van der Waals surface area contributed by atoms with Gasteiger partial charge in [-0.25, -0.2) is 18.4 Å². The molecule has 3 aromatic rings. The van der Waals surface area contributed by atoms with Gasteiger partial charge in [-0.15, -0.1) is 0 Å². The van der Waals surface area contributed by atoms with Crippen LogP contribution < -0.4 is 15.4 Å². The third-order valence-corrected chi connectivity index (χ3v) is 10.4. The van der Waals surface area contributed by atoms with Crippen LogP contribution in [0.15, 0.2) is 54.6 Å². The molecule has 5 rings (SSSR count). The number of carbonyl (C=O) groups is 3. The molecular formula is C40H45Cl2F2N3O7. The third kappa shape index (κ3) is 8.98. The van der Waals surface area contributed by atoms with Crippen LogP contribution in [0.25, 0.3) is 0 Å². The Morgan fingerprint density at radius 2 is 1.76 bits per heavy atom. The van der Waals surface area contributed by atoms with Crippen LogP contribution >= 0.6 is 23.2 Å². The molecular weight excluding hydrogens is 743 g/mol. The van der Waals surface area contributed by atoms with E-state index in [-0.39, 0.29) is 49.7 Å². The first-order valence-corrected chi connectivity index (χ1v) is 18.6. The number of amides is 1. The van der Waals surface area contributed by atoms with Gasteiger partial charge in [0.1, 0.15) is 23.5 Å². The van der Waals surface area contributed by atoms with Gasteiger partial charge in [-0.2, -0.15) is 0 Å². The Labute approximate surface area is 323 Å². The van der Waals surface area contributed by atoms with E-state index in [1.807, 2.05) is 20.8 Å². The molecule has 0 spiro atoms. The lowest BCUT2D eigenvalue weighted by molar-refractivity contribution is -0.118. The molecule has 2 fully saturated rings. The van der Waals surface area contributed by atoms with Gasteiger partial charge in [-0.1, -0.05) is 68.6 Å². The molecule has 1 unspecified atom stereocenters. The zero-order chi connectivity index (χ0) is 39.4. The smallest absolute Gasteiger partial charge is 0.495 e. The van der Waals surface area contributed by atoms with E-state index >= 15 is 8.78 Å². The van der Waals surface area contributed by atoms with Crippen LogP contribution in [-0.4, -0.2) is 55.8 Å². The maximum absolute atomic E-state index is 16.1. The van der Waals surface area contributed by atoms with Crippen molar-refractivity contribution in [2.75, 3.05) is 12.4 Å². The average molecular weight is 789 g/mol. The van der Waals surface area contributed by atoms with Gasteiger partial charge in [0.05, 0.1) is 34.8 Å². The normalized spacial score (nSPS) is 22.2. The van der Waals surface area contributed by atoms with Crippen LogP contribution in [-0.2, 0) is 24.4 Å². The summed E-state index contributed by atoms with van der Waals surface area (Å²) >= 11 is 12.4. The average Bonchev–Trinajstić information content (AvgIpc) is 3.42. The number of ether oxygens (including phenoxy) is 4. The summed E-state index contributed by atoms with van der Waals surface area (Å²) in [6.45, 7) is 7.29. The number of halogens is 4. The van der Waals surface area contributed by atoms with E-state index in [2.05, 4.69) is 10.6 Å². The van der Waals surface area contributed by atoms with Crippen LogP contribution in [0, 0.1) is 22.5 Å². The number of rotatable bonds is 11. The molecule has 1 aliphatic heterocycles. The quantitative estimate of drug-likeness (QED) is 0.0994. The molecule has 1 aliphatic carbocycles. The first kappa shape index (κ1) is 40.9. The fourth-order valence-corrected chi connectivity index (χ4v) is 7.87. The topological polar surface area (TPSA) is 136 Å². The number of methoxy groups -OCH3 is 1. The van der Waals surface area contributed by atoms with Crippen LogP contribution in [0.3, 0.4) is 0 Å². The molecule has 5 atom stereocenters. The van der Waals surface area contributed by atoms with Crippen LogP contribution in [0.4, 0.5) is 19.3 Å². The van der Waals surface area contributed by atoms with Crippen LogP contribution in [0.5, 0.6) is 5.75 Å². The zero-order valence-electron chi connectivity index (χ0n) is 30.8. The highest BCUT2D eigenvalue weighted by molar-refractivity contribution is 6.31. The van der Waals surface area contributed by atoms with E-state index in [1.165, 1.54) is 62.6 Å². The van der Waals surface area contributed by atoms with Crippen molar-refractivity contribution in [1.82, 2.24) is 5.32 Å². The van der Waals surface area contributed by atoms with Crippen molar-refractivity contribution in [3.63, 3.8) is 0 Å². The summed E-state index contributed by atoms with van der Waals surface area (Å²) in [5, 5.41) is 14.9. The molecule has 3 N–H and O–H groups in total. The Hall–Kier alpha value is -4.26. The highest BCUT2D eigenvalue weighted by Gasteiger charge is 2.59. The predicted molar refractivity (Wildman–Crippen MR) is 202 cm³/mol. The van der Waals surface area contributed by atoms with E-state index in [0.717, 1.165) is 44.4 Å². The predicted octanol–water partition coefficient (Wildman–Crippen LogP) is 9.36. The molecule has 3 aromatic carbocycles. The molecule has 2 aliphatic rings. The van der Waals surface area contributed by atoms with Crippen LogP contribution in [0.1, 0.15) is 93.6 Å². The van der Waals surface area contributed by atoms with E-state index in [0.29, 0.717) is 6.42 Å².